The fourth-order valence-electron chi connectivity index (χ4n) is 1.94. The zero-order chi connectivity index (χ0) is 15.5. The quantitative estimate of drug-likeness (QED) is 0.598. The van der Waals surface area contributed by atoms with Gasteiger partial charge in [-0.2, -0.15) is 0 Å². The summed E-state index contributed by atoms with van der Waals surface area (Å²) in [5, 5.41) is 3.45. The standard InChI is InChI=1S/C17H28BrNO2/c1-4-5-10-20-11-12-21-17(13-19-14(2)3)15-8-6-7-9-16(15)18/h6-9,14,17,19H,4-5,10-13H2,1-3H3. The Balaban J connectivity index is 2.47. The zero-order valence-corrected chi connectivity index (χ0v) is 15.0. The molecule has 4 heteroatoms. The van der Waals surface area contributed by atoms with E-state index in [9.17, 15) is 0 Å². The highest BCUT2D eigenvalue weighted by Crippen LogP contribution is 2.25. The molecule has 1 aromatic rings. The lowest BCUT2D eigenvalue weighted by molar-refractivity contribution is 0.00266. The summed E-state index contributed by atoms with van der Waals surface area (Å²) in [5.74, 6) is 0. The molecule has 0 saturated heterocycles. The van der Waals surface area contributed by atoms with E-state index in [0.717, 1.165) is 24.0 Å². The zero-order valence-electron chi connectivity index (χ0n) is 13.4. The molecule has 0 heterocycles. The summed E-state index contributed by atoms with van der Waals surface area (Å²) in [6.45, 7) is 9.35. The number of hydrogen-bond acceptors (Lipinski definition) is 3. The minimum Gasteiger partial charge on any atom is -0.379 e. The Morgan fingerprint density at radius 1 is 1.14 bits per heavy atom. The molecule has 1 aromatic carbocycles. The first-order chi connectivity index (χ1) is 10.1. The van der Waals surface area contributed by atoms with E-state index in [1.807, 2.05) is 12.1 Å². The summed E-state index contributed by atoms with van der Waals surface area (Å²) in [6, 6.07) is 8.67. The maximum atomic E-state index is 6.02. The molecule has 3 nitrogen and oxygen atoms in total. The number of benzene rings is 1. The van der Waals surface area contributed by atoms with Crippen molar-refractivity contribution >= 4 is 15.9 Å². The Hall–Kier alpha value is -0.420. The molecule has 1 N–H and O–H groups in total. The first kappa shape index (κ1) is 18.6. The smallest absolute Gasteiger partial charge is 0.0961 e. The Bertz CT molecular complexity index is 385. The lowest BCUT2D eigenvalue weighted by atomic mass is 10.1. The second-order valence-corrected chi connectivity index (χ2v) is 6.26. The highest BCUT2D eigenvalue weighted by Gasteiger charge is 2.15. The molecule has 0 fully saturated rings. The Morgan fingerprint density at radius 2 is 1.90 bits per heavy atom. The molecule has 0 aliphatic heterocycles. The van der Waals surface area contributed by atoms with Crippen LogP contribution >= 0.6 is 15.9 Å². The summed E-state index contributed by atoms with van der Waals surface area (Å²) in [6.07, 6.45) is 2.32. The van der Waals surface area contributed by atoms with E-state index in [2.05, 4.69) is 54.2 Å². The van der Waals surface area contributed by atoms with Gasteiger partial charge >= 0.3 is 0 Å². The van der Waals surface area contributed by atoms with E-state index in [0.29, 0.717) is 19.3 Å². The molecule has 0 saturated carbocycles. The highest BCUT2D eigenvalue weighted by molar-refractivity contribution is 9.10. The van der Waals surface area contributed by atoms with Crippen molar-refractivity contribution in [2.75, 3.05) is 26.4 Å². The molecular formula is C17H28BrNO2. The van der Waals surface area contributed by atoms with E-state index in [4.69, 9.17) is 9.47 Å². The van der Waals surface area contributed by atoms with Gasteiger partial charge in [0, 0.05) is 23.7 Å². The number of rotatable bonds is 11. The predicted molar refractivity (Wildman–Crippen MR) is 91.7 cm³/mol. The molecule has 21 heavy (non-hydrogen) atoms. The molecule has 1 unspecified atom stereocenters. The van der Waals surface area contributed by atoms with Gasteiger partial charge in [-0.15, -0.1) is 0 Å². The van der Waals surface area contributed by atoms with Crippen molar-refractivity contribution in [2.45, 2.75) is 45.8 Å². The fourth-order valence-corrected chi connectivity index (χ4v) is 2.48. The van der Waals surface area contributed by atoms with E-state index in [1.165, 1.54) is 12.0 Å². The van der Waals surface area contributed by atoms with Gasteiger partial charge in [0.1, 0.15) is 0 Å². The third kappa shape index (κ3) is 7.96. The molecule has 0 amide bonds. The van der Waals surface area contributed by atoms with Gasteiger partial charge in [0.2, 0.25) is 0 Å². The van der Waals surface area contributed by atoms with Crippen LogP contribution in [0.1, 0.15) is 45.3 Å². The maximum absolute atomic E-state index is 6.02. The maximum Gasteiger partial charge on any atom is 0.0961 e. The number of nitrogens with one attached hydrogen (secondary N) is 1. The Kier molecular flexibility index (Phi) is 9.92. The largest absolute Gasteiger partial charge is 0.379 e. The van der Waals surface area contributed by atoms with Crippen LogP contribution in [0, 0.1) is 0 Å². The van der Waals surface area contributed by atoms with Crippen molar-refractivity contribution in [1.82, 2.24) is 5.32 Å². The minimum atomic E-state index is 0.0396. The van der Waals surface area contributed by atoms with E-state index in [-0.39, 0.29) is 6.10 Å². The monoisotopic (exact) mass is 357 g/mol. The van der Waals surface area contributed by atoms with Crippen LogP contribution in [0.5, 0.6) is 0 Å². The predicted octanol–water partition coefficient (Wildman–Crippen LogP) is 4.32. The normalized spacial score (nSPS) is 12.8. The average Bonchev–Trinajstić information content (AvgIpc) is 2.46. The van der Waals surface area contributed by atoms with Crippen LogP contribution < -0.4 is 5.32 Å². The first-order valence-electron chi connectivity index (χ1n) is 7.82. The molecule has 0 radical (unpaired) electrons. The molecule has 0 spiro atoms. The summed E-state index contributed by atoms with van der Waals surface area (Å²) in [7, 11) is 0. The van der Waals surface area contributed by atoms with E-state index < -0.39 is 0 Å². The van der Waals surface area contributed by atoms with Gasteiger partial charge < -0.3 is 14.8 Å². The SMILES string of the molecule is CCCCOCCOC(CNC(C)C)c1ccccc1Br. The Morgan fingerprint density at radius 3 is 2.57 bits per heavy atom. The molecule has 0 aliphatic rings. The van der Waals surface area contributed by atoms with Crippen molar-refractivity contribution in [1.29, 1.82) is 0 Å². The molecule has 0 aliphatic carbocycles. The number of ether oxygens (including phenoxy) is 2. The molecule has 120 valence electrons. The third-order valence-corrected chi connectivity index (χ3v) is 3.87. The molecule has 0 bridgehead atoms. The van der Waals surface area contributed by atoms with Crippen molar-refractivity contribution in [2.24, 2.45) is 0 Å². The highest BCUT2D eigenvalue weighted by atomic mass is 79.9. The van der Waals surface area contributed by atoms with Crippen LogP contribution in [0.4, 0.5) is 0 Å². The van der Waals surface area contributed by atoms with Crippen molar-refractivity contribution < 1.29 is 9.47 Å². The molecule has 0 aromatic heterocycles. The average molecular weight is 358 g/mol. The van der Waals surface area contributed by atoms with Gasteiger partial charge in [-0.1, -0.05) is 61.3 Å². The number of hydrogen-bond donors (Lipinski definition) is 1. The molecule has 1 atom stereocenters. The number of unbranched alkanes of at least 4 members (excludes halogenated alkanes) is 1. The van der Waals surface area contributed by atoms with Crippen LogP contribution in [-0.4, -0.2) is 32.4 Å². The van der Waals surface area contributed by atoms with Gasteiger partial charge in [0.05, 0.1) is 19.3 Å². The van der Waals surface area contributed by atoms with Crippen molar-refractivity contribution in [3.05, 3.63) is 34.3 Å². The van der Waals surface area contributed by atoms with Crippen molar-refractivity contribution in [3.8, 4) is 0 Å². The third-order valence-electron chi connectivity index (χ3n) is 3.15. The van der Waals surface area contributed by atoms with Gasteiger partial charge in [0.25, 0.3) is 0 Å². The summed E-state index contributed by atoms with van der Waals surface area (Å²) >= 11 is 3.61. The van der Waals surface area contributed by atoms with Gasteiger partial charge in [-0.3, -0.25) is 0 Å². The molecular weight excluding hydrogens is 330 g/mol. The summed E-state index contributed by atoms with van der Waals surface area (Å²) < 4.78 is 12.7. The lowest BCUT2D eigenvalue weighted by Gasteiger charge is -2.21. The molecule has 1 rings (SSSR count). The van der Waals surface area contributed by atoms with E-state index in [1.54, 1.807) is 0 Å². The Labute approximate surface area is 137 Å². The number of halogens is 1. The lowest BCUT2D eigenvalue weighted by Crippen LogP contribution is -2.30. The van der Waals surface area contributed by atoms with Crippen LogP contribution in [0.3, 0.4) is 0 Å². The second kappa shape index (κ2) is 11.2. The van der Waals surface area contributed by atoms with Gasteiger partial charge in [-0.25, -0.2) is 0 Å². The van der Waals surface area contributed by atoms with Crippen LogP contribution in [-0.2, 0) is 9.47 Å². The minimum absolute atomic E-state index is 0.0396. The van der Waals surface area contributed by atoms with Crippen molar-refractivity contribution in [3.63, 3.8) is 0 Å². The van der Waals surface area contributed by atoms with E-state index >= 15 is 0 Å². The van der Waals surface area contributed by atoms with Crippen LogP contribution in [0.15, 0.2) is 28.7 Å². The summed E-state index contributed by atoms with van der Waals surface area (Å²) in [5.41, 5.74) is 1.18. The topological polar surface area (TPSA) is 30.5 Å². The summed E-state index contributed by atoms with van der Waals surface area (Å²) in [4.78, 5) is 0. The first-order valence-corrected chi connectivity index (χ1v) is 8.61. The second-order valence-electron chi connectivity index (χ2n) is 5.41. The van der Waals surface area contributed by atoms with Crippen LogP contribution in [0.2, 0.25) is 0 Å². The van der Waals surface area contributed by atoms with Crippen LogP contribution in [0.25, 0.3) is 0 Å². The fraction of sp³-hybridized carbons (Fsp3) is 0.647. The van der Waals surface area contributed by atoms with Gasteiger partial charge in [-0.05, 0) is 18.1 Å². The van der Waals surface area contributed by atoms with Gasteiger partial charge in [0.15, 0.2) is 0 Å².